The van der Waals surface area contributed by atoms with Gasteiger partial charge in [0, 0.05) is 37.7 Å². The number of amides is 2. The first-order chi connectivity index (χ1) is 15.1. The second-order valence-electron chi connectivity index (χ2n) is 8.60. The van der Waals surface area contributed by atoms with Crippen LogP contribution in [-0.4, -0.2) is 55.0 Å². The summed E-state index contributed by atoms with van der Waals surface area (Å²) in [5.41, 5.74) is 3.20. The third-order valence-corrected chi connectivity index (χ3v) is 6.63. The summed E-state index contributed by atoms with van der Waals surface area (Å²) in [5, 5.41) is 2.97. The van der Waals surface area contributed by atoms with Gasteiger partial charge in [-0.2, -0.15) is 0 Å². The summed E-state index contributed by atoms with van der Waals surface area (Å²) in [6.45, 7) is 3.14. The zero-order valence-corrected chi connectivity index (χ0v) is 17.8. The van der Waals surface area contributed by atoms with Gasteiger partial charge in [0.05, 0.1) is 24.9 Å². The number of aryl methyl sites for hydroxylation is 1. The van der Waals surface area contributed by atoms with E-state index in [1.165, 1.54) is 5.56 Å². The predicted octanol–water partition coefficient (Wildman–Crippen LogP) is 2.82. The van der Waals surface area contributed by atoms with Crippen LogP contribution in [0.2, 0.25) is 0 Å². The predicted molar refractivity (Wildman–Crippen MR) is 118 cm³/mol. The molecule has 2 amide bonds. The number of rotatable bonds is 5. The van der Waals surface area contributed by atoms with E-state index in [0.29, 0.717) is 11.7 Å². The molecule has 1 saturated heterocycles. The topological polar surface area (TPSA) is 74.8 Å². The van der Waals surface area contributed by atoms with E-state index < -0.39 is 0 Å². The molecule has 7 heteroatoms. The molecule has 5 rings (SSSR count). The van der Waals surface area contributed by atoms with Crippen molar-refractivity contribution in [3.05, 3.63) is 47.7 Å². The summed E-state index contributed by atoms with van der Waals surface area (Å²) in [5.74, 6) is 1.67. The number of carbonyl (C=O) groups is 2. The monoisotopic (exact) mass is 420 g/mol. The SMILES string of the molecule is COc1cccc2c1C(C(=O)Nc1ccc(N3CCN(C(=O)C4CC4)CC3)cn1)CC2. The molecule has 162 valence electrons. The molecule has 1 aromatic heterocycles. The van der Waals surface area contributed by atoms with Gasteiger partial charge in [-0.3, -0.25) is 9.59 Å². The lowest BCUT2D eigenvalue weighted by molar-refractivity contribution is -0.132. The van der Waals surface area contributed by atoms with Crippen LogP contribution in [-0.2, 0) is 16.0 Å². The Morgan fingerprint density at radius 3 is 2.55 bits per heavy atom. The summed E-state index contributed by atoms with van der Waals surface area (Å²) in [7, 11) is 1.64. The third kappa shape index (κ3) is 3.96. The quantitative estimate of drug-likeness (QED) is 0.805. The van der Waals surface area contributed by atoms with Crippen LogP contribution in [0.25, 0.3) is 0 Å². The van der Waals surface area contributed by atoms with E-state index in [4.69, 9.17) is 4.74 Å². The van der Waals surface area contributed by atoms with Gasteiger partial charge >= 0.3 is 0 Å². The fourth-order valence-corrected chi connectivity index (χ4v) is 4.72. The van der Waals surface area contributed by atoms with Crippen molar-refractivity contribution in [3.63, 3.8) is 0 Å². The molecule has 2 fully saturated rings. The molecule has 0 radical (unpaired) electrons. The molecule has 0 bridgehead atoms. The van der Waals surface area contributed by atoms with Crippen LogP contribution < -0.4 is 15.0 Å². The van der Waals surface area contributed by atoms with Crippen molar-refractivity contribution in [1.29, 1.82) is 0 Å². The van der Waals surface area contributed by atoms with E-state index >= 15 is 0 Å². The Labute approximate surface area is 182 Å². The highest BCUT2D eigenvalue weighted by molar-refractivity contribution is 5.96. The van der Waals surface area contributed by atoms with Crippen LogP contribution in [0.15, 0.2) is 36.5 Å². The van der Waals surface area contributed by atoms with Crippen molar-refractivity contribution in [3.8, 4) is 5.75 Å². The number of anilines is 2. The van der Waals surface area contributed by atoms with Crippen LogP contribution >= 0.6 is 0 Å². The zero-order valence-electron chi connectivity index (χ0n) is 17.8. The lowest BCUT2D eigenvalue weighted by Crippen LogP contribution is -2.49. The summed E-state index contributed by atoms with van der Waals surface area (Å²) in [6.07, 6.45) is 5.57. The second-order valence-corrected chi connectivity index (χ2v) is 8.60. The van der Waals surface area contributed by atoms with Crippen LogP contribution in [0.1, 0.15) is 36.3 Å². The Balaban J connectivity index is 1.20. The Morgan fingerprint density at radius 1 is 1.06 bits per heavy atom. The summed E-state index contributed by atoms with van der Waals surface area (Å²) in [4.78, 5) is 33.9. The van der Waals surface area contributed by atoms with E-state index in [2.05, 4.69) is 21.3 Å². The molecule has 2 aromatic rings. The highest BCUT2D eigenvalue weighted by Crippen LogP contribution is 2.40. The molecule has 0 spiro atoms. The van der Waals surface area contributed by atoms with Gasteiger partial charge in [0.15, 0.2) is 0 Å². The number of piperazine rings is 1. The number of benzene rings is 1. The third-order valence-electron chi connectivity index (χ3n) is 6.63. The summed E-state index contributed by atoms with van der Waals surface area (Å²) < 4.78 is 5.48. The number of hydrogen-bond donors (Lipinski definition) is 1. The number of fused-ring (bicyclic) bond motifs is 1. The maximum absolute atomic E-state index is 12.9. The molecule has 1 atom stereocenters. The van der Waals surface area contributed by atoms with Gasteiger partial charge in [-0.15, -0.1) is 0 Å². The normalized spacial score (nSPS) is 20.4. The van der Waals surface area contributed by atoms with Crippen molar-refractivity contribution in [2.24, 2.45) is 5.92 Å². The van der Waals surface area contributed by atoms with Gasteiger partial charge in [0.1, 0.15) is 11.6 Å². The number of aromatic nitrogens is 1. The van der Waals surface area contributed by atoms with Crippen molar-refractivity contribution < 1.29 is 14.3 Å². The molecule has 31 heavy (non-hydrogen) atoms. The first-order valence-electron chi connectivity index (χ1n) is 11.1. The van der Waals surface area contributed by atoms with Crippen molar-refractivity contribution in [2.75, 3.05) is 43.5 Å². The Bertz CT molecular complexity index is 979. The van der Waals surface area contributed by atoms with Gasteiger partial charge in [-0.05, 0) is 49.4 Å². The maximum atomic E-state index is 12.9. The molecule has 1 N–H and O–H groups in total. The zero-order chi connectivity index (χ0) is 21.4. The average Bonchev–Trinajstić information content (AvgIpc) is 3.57. The van der Waals surface area contributed by atoms with Crippen molar-refractivity contribution in [2.45, 2.75) is 31.6 Å². The molecule has 1 aromatic carbocycles. The van der Waals surface area contributed by atoms with Crippen molar-refractivity contribution >= 4 is 23.3 Å². The fraction of sp³-hybridized carbons (Fsp3) is 0.458. The summed E-state index contributed by atoms with van der Waals surface area (Å²) in [6, 6.07) is 9.79. The first kappa shape index (κ1) is 19.8. The number of carbonyl (C=O) groups excluding carboxylic acids is 2. The Morgan fingerprint density at radius 2 is 1.87 bits per heavy atom. The highest BCUT2D eigenvalue weighted by atomic mass is 16.5. The van der Waals surface area contributed by atoms with E-state index in [1.54, 1.807) is 13.3 Å². The molecule has 3 aliphatic rings. The highest BCUT2D eigenvalue weighted by Gasteiger charge is 2.35. The van der Waals surface area contributed by atoms with Gasteiger partial charge in [-0.25, -0.2) is 4.98 Å². The lowest BCUT2D eigenvalue weighted by atomic mass is 9.99. The van der Waals surface area contributed by atoms with Crippen LogP contribution in [0.5, 0.6) is 5.75 Å². The van der Waals surface area contributed by atoms with E-state index in [-0.39, 0.29) is 17.7 Å². The number of ether oxygens (including phenoxy) is 1. The molecular weight excluding hydrogens is 392 g/mol. The smallest absolute Gasteiger partial charge is 0.233 e. The van der Waals surface area contributed by atoms with Gasteiger partial charge in [-0.1, -0.05) is 12.1 Å². The van der Waals surface area contributed by atoms with Gasteiger partial charge < -0.3 is 19.9 Å². The molecule has 1 unspecified atom stereocenters. The number of nitrogens with zero attached hydrogens (tertiary/aromatic N) is 3. The van der Waals surface area contributed by atoms with Crippen LogP contribution in [0.3, 0.4) is 0 Å². The molecule has 1 aliphatic heterocycles. The largest absolute Gasteiger partial charge is 0.496 e. The van der Waals surface area contributed by atoms with Crippen molar-refractivity contribution in [1.82, 2.24) is 9.88 Å². The fourth-order valence-electron chi connectivity index (χ4n) is 4.72. The number of methoxy groups -OCH3 is 1. The lowest BCUT2D eigenvalue weighted by Gasteiger charge is -2.36. The minimum atomic E-state index is -0.218. The number of nitrogens with one attached hydrogen (secondary N) is 1. The minimum Gasteiger partial charge on any atom is -0.496 e. The standard InChI is InChI=1S/C24H28N4O3/c1-31-20-4-2-3-16-7-9-19(22(16)20)23(29)26-21-10-8-18(15-25-21)27-11-13-28(14-12-27)24(30)17-5-6-17/h2-4,8,10,15,17,19H,5-7,9,11-14H2,1H3,(H,25,26,29). The first-order valence-corrected chi connectivity index (χ1v) is 11.1. The molecule has 7 nitrogen and oxygen atoms in total. The van der Waals surface area contributed by atoms with Crippen LogP contribution in [0.4, 0.5) is 11.5 Å². The second kappa shape index (κ2) is 8.21. The molecule has 2 heterocycles. The van der Waals surface area contributed by atoms with Gasteiger partial charge in [0.2, 0.25) is 11.8 Å². The molecular formula is C24H28N4O3. The number of hydrogen-bond acceptors (Lipinski definition) is 5. The summed E-state index contributed by atoms with van der Waals surface area (Å²) >= 11 is 0. The van der Waals surface area contributed by atoms with E-state index in [1.807, 2.05) is 29.2 Å². The average molecular weight is 421 g/mol. The molecule has 2 aliphatic carbocycles. The Hall–Kier alpha value is -3.09. The van der Waals surface area contributed by atoms with E-state index in [0.717, 1.165) is 68.9 Å². The van der Waals surface area contributed by atoms with Gasteiger partial charge in [0.25, 0.3) is 0 Å². The van der Waals surface area contributed by atoms with Crippen LogP contribution in [0, 0.1) is 5.92 Å². The Kier molecular flexibility index (Phi) is 5.26. The maximum Gasteiger partial charge on any atom is 0.233 e. The van der Waals surface area contributed by atoms with E-state index in [9.17, 15) is 9.59 Å². The molecule has 1 saturated carbocycles. The number of pyridine rings is 1. The minimum absolute atomic E-state index is 0.0456.